The molecule has 0 unspecified atom stereocenters. The molecule has 0 amide bonds. The summed E-state index contributed by atoms with van der Waals surface area (Å²) in [5, 5.41) is 0. The molecule has 1 aliphatic rings. The Kier molecular flexibility index (Phi) is 6.82. The summed E-state index contributed by atoms with van der Waals surface area (Å²) in [6.45, 7) is 10.1. The van der Waals surface area contributed by atoms with E-state index >= 15 is 0 Å². The van der Waals surface area contributed by atoms with Gasteiger partial charge in [-0.3, -0.25) is 4.79 Å². The molecule has 1 heterocycles. The first-order valence-corrected chi connectivity index (χ1v) is 6.30. The first-order valence-electron chi connectivity index (χ1n) is 6.30. The molecule has 0 aromatic carbocycles. The van der Waals surface area contributed by atoms with Crippen molar-refractivity contribution in [2.45, 2.75) is 53.4 Å². The molecule has 0 spiro atoms. The normalized spacial score (nSPS) is 20.3. The van der Waals surface area contributed by atoms with Crippen molar-refractivity contribution < 1.29 is 4.79 Å². The molecule has 0 N–H and O–H groups in total. The van der Waals surface area contributed by atoms with Gasteiger partial charge in [0.05, 0.1) is 0 Å². The van der Waals surface area contributed by atoms with Gasteiger partial charge >= 0.3 is 0 Å². The lowest BCUT2D eigenvalue weighted by atomic mass is 9.72. The van der Waals surface area contributed by atoms with Gasteiger partial charge in [0.2, 0.25) is 0 Å². The molecule has 0 bridgehead atoms. The fourth-order valence-electron chi connectivity index (χ4n) is 2.30. The molecule has 0 radical (unpaired) electrons. The van der Waals surface area contributed by atoms with Crippen molar-refractivity contribution in [2.75, 3.05) is 20.1 Å². The topological polar surface area (TPSA) is 20.3 Å². The number of Topliss-reactive ketones (excluding diaryl/α,β-unsaturated/α-hetero) is 1. The Bertz CT molecular complexity index is 181. The highest BCUT2D eigenvalue weighted by Crippen LogP contribution is 2.36. The maximum absolute atomic E-state index is 11.6. The number of piperidine rings is 1. The van der Waals surface area contributed by atoms with E-state index in [0.717, 1.165) is 38.8 Å². The Hall–Kier alpha value is -0.370. The van der Waals surface area contributed by atoms with Crippen LogP contribution >= 0.6 is 0 Å². The number of hydrogen-bond acceptors (Lipinski definition) is 2. The van der Waals surface area contributed by atoms with Gasteiger partial charge in [-0.2, -0.15) is 0 Å². The van der Waals surface area contributed by atoms with Crippen molar-refractivity contribution in [1.29, 1.82) is 0 Å². The first kappa shape index (κ1) is 14.6. The molecule has 90 valence electrons. The van der Waals surface area contributed by atoms with Crippen LogP contribution in [0.5, 0.6) is 0 Å². The minimum Gasteiger partial charge on any atom is -0.306 e. The van der Waals surface area contributed by atoms with Crippen molar-refractivity contribution >= 4 is 5.78 Å². The molecule has 1 saturated heterocycles. The second-order valence-electron chi connectivity index (χ2n) is 4.39. The van der Waals surface area contributed by atoms with E-state index in [2.05, 4.69) is 18.9 Å². The predicted octanol–water partition coefficient (Wildman–Crippen LogP) is 3.11. The summed E-state index contributed by atoms with van der Waals surface area (Å²) in [6, 6.07) is 0. The number of nitrogens with zero attached hydrogens (tertiary/aromatic N) is 1. The molecular formula is C13H27NO. The lowest BCUT2D eigenvalue weighted by Crippen LogP contribution is -2.41. The van der Waals surface area contributed by atoms with Gasteiger partial charge < -0.3 is 4.90 Å². The standard InChI is InChI=1S/C11H21NO.C2H6/c1-4-5-11(10(2)13)6-8-12(3)9-7-11;1-2/h4-9H2,1-3H3;1-2H3. The fourth-order valence-corrected chi connectivity index (χ4v) is 2.30. The van der Waals surface area contributed by atoms with Crippen LogP contribution in [0.15, 0.2) is 0 Å². The van der Waals surface area contributed by atoms with E-state index in [0.29, 0.717) is 5.78 Å². The van der Waals surface area contributed by atoms with E-state index < -0.39 is 0 Å². The number of carbonyl (C=O) groups excluding carboxylic acids is 1. The van der Waals surface area contributed by atoms with Gasteiger partial charge in [0.1, 0.15) is 5.78 Å². The van der Waals surface area contributed by atoms with Gasteiger partial charge in [0.15, 0.2) is 0 Å². The maximum Gasteiger partial charge on any atom is 0.136 e. The molecule has 0 saturated carbocycles. The number of likely N-dealkylation sites (tertiary alicyclic amines) is 1. The largest absolute Gasteiger partial charge is 0.306 e. The lowest BCUT2D eigenvalue weighted by Gasteiger charge is -2.38. The predicted molar refractivity (Wildman–Crippen MR) is 66.1 cm³/mol. The summed E-state index contributed by atoms with van der Waals surface area (Å²) < 4.78 is 0. The summed E-state index contributed by atoms with van der Waals surface area (Å²) in [7, 11) is 2.13. The van der Waals surface area contributed by atoms with Crippen LogP contribution in [0.4, 0.5) is 0 Å². The molecule has 0 aromatic rings. The second-order valence-corrected chi connectivity index (χ2v) is 4.39. The van der Waals surface area contributed by atoms with E-state index in [4.69, 9.17) is 0 Å². The zero-order chi connectivity index (χ0) is 11.9. The third kappa shape index (κ3) is 3.94. The molecule has 1 fully saturated rings. The van der Waals surface area contributed by atoms with Gasteiger partial charge in [-0.15, -0.1) is 0 Å². The van der Waals surface area contributed by atoms with Crippen molar-refractivity contribution in [3.05, 3.63) is 0 Å². The minimum absolute atomic E-state index is 0.0290. The second kappa shape index (κ2) is 7.00. The maximum atomic E-state index is 11.6. The van der Waals surface area contributed by atoms with Gasteiger partial charge in [0.25, 0.3) is 0 Å². The SMILES string of the molecule is CC.CCCC1(C(C)=O)CCN(C)CC1. The monoisotopic (exact) mass is 213 g/mol. The Morgan fingerprint density at radius 3 is 2.07 bits per heavy atom. The quantitative estimate of drug-likeness (QED) is 0.718. The fraction of sp³-hybridized carbons (Fsp3) is 0.923. The van der Waals surface area contributed by atoms with Crippen molar-refractivity contribution in [3.63, 3.8) is 0 Å². The van der Waals surface area contributed by atoms with Crippen LogP contribution in [0.1, 0.15) is 53.4 Å². The Morgan fingerprint density at radius 2 is 1.73 bits per heavy atom. The van der Waals surface area contributed by atoms with Gasteiger partial charge in [-0.05, 0) is 46.3 Å². The minimum atomic E-state index is 0.0290. The van der Waals surface area contributed by atoms with Crippen LogP contribution < -0.4 is 0 Å². The van der Waals surface area contributed by atoms with Crippen molar-refractivity contribution in [3.8, 4) is 0 Å². The Morgan fingerprint density at radius 1 is 1.27 bits per heavy atom. The van der Waals surface area contributed by atoms with E-state index in [9.17, 15) is 4.79 Å². The summed E-state index contributed by atoms with van der Waals surface area (Å²) in [5.41, 5.74) is 0.0290. The zero-order valence-electron chi connectivity index (χ0n) is 11.1. The molecular weight excluding hydrogens is 186 g/mol. The average molecular weight is 213 g/mol. The zero-order valence-corrected chi connectivity index (χ0v) is 11.1. The summed E-state index contributed by atoms with van der Waals surface area (Å²) >= 11 is 0. The average Bonchev–Trinajstić information content (AvgIpc) is 2.25. The molecule has 0 aromatic heterocycles. The van der Waals surface area contributed by atoms with Crippen LogP contribution in [-0.4, -0.2) is 30.8 Å². The first-order chi connectivity index (χ1) is 7.10. The number of hydrogen-bond donors (Lipinski definition) is 0. The lowest BCUT2D eigenvalue weighted by molar-refractivity contribution is -0.129. The highest BCUT2D eigenvalue weighted by molar-refractivity contribution is 5.82. The molecule has 2 nitrogen and oxygen atoms in total. The van der Waals surface area contributed by atoms with E-state index in [1.54, 1.807) is 6.92 Å². The third-order valence-electron chi connectivity index (χ3n) is 3.42. The third-order valence-corrected chi connectivity index (χ3v) is 3.42. The summed E-state index contributed by atoms with van der Waals surface area (Å²) in [4.78, 5) is 13.9. The van der Waals surface area contributed by atoms with Crippen LogP contribution in [0.25, 0.3) is 0 Å². The van der Waals surface area contributed by atoms with Crippen LogP contribution in [0.3, 0.4) is 0 Å². The van der Waals surface area contributed by atoms with Gasteiger partial charge in [0, 0.05) is 5.41 Å². The van der Waals surface area contributed by atoms with Crippen molar-refractivity contribution in [2.24, 2.45) is 5.41 Å². The Balaban J connectivity index is 0.000000921. The summed E-state index contributed by atoms with van der Waals surface area (Å²) in [6.07, 6.45) is 4.33. The number of ketones is 1. The Labute approximate surface area is 95.0 Å². The molecule has 0 aliphatic carbocycles. The molecule has 1 rings (SSSR count). The smallest absolute Gasteiger partial charge is 0.136 e. The summed E-state index contributed by atoms with van der Waals surface area (Å²) in [5.74, 6) is 0.405. The van der Waals surface area contributed by atoms with Crippen LogP contribution in [-0.2, 0) is 4.79 Å². The van der Waals surface area contributed by atoms with Gasteiger partial charge in [-0.1, -0.05) is 27.2 Å². The number of carbonyl (C=O) groups is 1. The molecule has 0 atom stereocenters. The molecule has 2 heteroatoms. The number of rotatable bonds is 3. The van der Waals surface area contributed by atoms with E-state index in [1.165, 1.54) is 0 Å². The van der Waals surface area contributed by atoms with E-state index in [1.807, 2.05) is 13.8 Å². The highest BCUT2D eigenvalue weighted by Gasteiger charge is 2.36. The van der Waals surface area contributed by atoms with Gasteiger partial charge in [-0.25, -0.2) is 0 Å². The van der Waals surface area contributed by atoms with Crippen LogP contribution in [0, 0.1) is 5.41 Å². The van der Waals surface area contributed by atoms with Crippen molar-refractivity contribution in [1.82, 2.24) is 4.90 Å². The van der Waals surface area contributed by atoms with Crippen LogP contribution in [0.2, 0.25) is 0 Å². The van der Waals surface area contributed by atoms with E-state index in [-0.39, 0.29) is 5.41 Å². The molecule has 1 aliphatic heterocycles. The molecule has 15 heavy (non-hydrogen) atoms. The highest BCUT2D eigenvalue weighted by atomic mass is 16.1.